The third-order valence-electron chi connectivity index (χ3n) is 3.30. The Labute approximate surface area is 112 Å². The van der Waals surface area contributed by atoms with Gasteiger partial charge in [0.15, 0.2) is 0 Å². The molecule has 0 radical (unpaired) electrons. The van der Waals surface area contributed by atoms with Crippen LogP contribution in [-0.4, -0.2) is 37.4 Å². The van der Waals surface area contributed by atoms with Crippen LogP contribution in [0.1, 0.15) is 12.0 Å². The Morgan fingerprint density at radius 3 is 2.84 bits per heavy atom. The fraction of sp³-hybridized carbons (Fsp3) is 0.429. The van der Waals surface area contributed by atoms with Gasteiger partial charge < -0.3 is 15.0 Å². The fourth-order valence-electron chi connectivity index (χ4n) is 2.26. The molecule has 1 aliphatic rings. The highest BCUT2D eigenvalue weighted by Gasteiger charge is 2.30. The second kappa shape index (κ2) is 5.73. The first-order valence-electron chi connectivity index (χ1n) is 6.25. The number of hydrogen-bond donors (Lipinski definition) is 1. The number of nitrogens with one attached hydrogen (secondary N) is 1. The van der Waals surface area contributed by atoms with Gasteiger partial charge in [-0.1, -0.05) is 18.2 Å². The molecule has 0 saturated carbocycles. The molecule has 1 unspecified atom stereocenters. The van der Waals surface area contributed by atoms with Crippen LogP contribution in [0.5, 0.6) is 5.75 Å². The zero-order valence-electron chi connectivity index (χ0n) is 11.2. The molecule has 0 bridgehead atoms. The maximum atomic E-state index is 12.2. The summed E-state index contributed by atoms with van der Waals surface area (Å²) in [5, 5.41) is 2.68. The molecule has 19 heavy (non-hydrogen) atoms. The van der Waals surface area contributed by atoms with Crippen molar-refractivity contribution in [2.75, 3.05) is 20.7 Å². The van der Waals surface area contributed by atoms with Crippen molar-refractivity contribution in [2.45, 2.75) is 13.0 Å². The number of hydrogen-bond acceptors (Lipinski definition) is 3. The van der Waals surface area contributed by atoms with Gasteiger partial charge in [0.2, 0.25) is 11.8 Å². The van der Waals surface area contributed by atoms with Crippen LogP contribution in [0.3, 0.4) is 0 Å². The van der Waals surface area contributed by atoms with Crippen LogP contribution in [-0.2, 0) is 16.1 Å². The molecule has 1 saturated heterocycles. The van der Waals surface area contributed by atoms with E-state index in [1.807, 2.05) is 24.3 Å². The molecular formula is C14H18N2O3. The highest BCUT2D eigenvalue weighted by Crippen LogP contribution is 2.20. The molecule has 1 aromatic rings. The largest absolute Gasteiger partial charge is 0.496 e. The summed E-state index contributed by atoms with van der Waals surface area (Å²) >= 11 is 0. The van der Waals surface area contributed by atoms with Crippen LogP contribution >= 0.6 is 0 Å². The highest BCUT2D eigenvalue weighted by atomic mass is 16.5. The van der Waals surface area contributed by atoms with Crippen molar-refractivity contribution in [3.63, 3.8) is 0 Å². The number of nitrogens with zero attached hydrogens (tertiary/aromatic N) is 1. The van der Waals surface area contributed by atoms with E-state index in [4.69, 9.17) is 4.74 Å². The smallest absolute Gasteiger partial charge is 0.228 e. The van der Waals surface area contributed by atoms with Crippen LogP contribution in [0.15, 0.2) is 24.3 Å². The number of para-hydroxylation sites is 1. The van der Waals surface area contributed by atoms with Gasteiger partial charge in [-0.2, -0.15) is 0 Å². The first-order valence-corrected chi connectivity index (χ1v) is 6.25. The summed E-state index contributed by atoms with van der Waals surface area (Å²) in [6, 6.07) is 7.61. The molecule has 1 aliphatic heterocycles. The molecule has 0 aromatic heterocycles. The van der Waals surface area contributed by atoms with E-state index >= 15 is 0 Å². The highest BCUT2D eigenvalue weighted by molar-refractivity contribution is 5.89. The lowest BCUT2D eigenvalue weighted by Crippen LogP contribution is -2.33. The van der Waals surface area contributed by atoms with Crippen molar-refractivity contribution in [1.82, 2.24) is 10.2 Å². The van der Waals surface area contributed by atoms with E-state index in [1.54, 1.807) is 19.1 Å². The lowest BCUT2D eigenvalue weighted by molar-refractivity contribution is -0.135. The van der Waals surface area contributed by atoms with Crippen LogP contribution < -0.4 is 10.1 Å². The Bertz CT molecular complexity index is 487. The van der Waals surface area contributed by atoms with Crippen molar-refractivity contribution in [2.24, 2.45) is 5.92 Å². The summed E-state index contributed by atoms with van der Waals surface area (Å²) in [5.74, 6) is 0.461. The van der Waals surface area contributed by atoms with Gasteiger partial charge in [0, 0.05) is 32.1 Å². The van der Waals surface area contributed by atoms with E-state index in [2.05, 4.69) is 5.32 Å². The zero-order valence-corrected chi connectivity index (χ0v) is 11.2. The molecule has 1 fully saturated rings. The minimum atomic E-state index is -0.243. The number of methoxy groups -OCH3 is 1. The van der Waals surface area contributed by atoms with E-state index in [1.165, 1.54) is 0 Å². The Kier molecular flexibility index (Phi) is 4.04. The molecule has 2 amide bonds. The lowest BCUT2D eigenvalue weighted by atomic mass is 10.1. The van der Waals surface area contributed by atoms with Crippen molar-refractivity contribution < 1.29 is 14.3 Å². The SMILES string of the molecule is COc1ccccc1CN(C)C(=O)C1CNC(=O)C1. The summed E-state index contributed by atoms with van der Waals surface area (Å²) in [4.78, 5) is 25.0. The van der Waals surface area contributed by atoms with E-state index in [-0.39, 0.29) is 24.2 Å². The third kappa shape index (κ3) is 3.05. The van der Waals surface area contributed by atoms with Gasteiger partial charge in [0.05, 0.1) is 13.0 Å². The van der Waals surface area contributed by atoms with Gasteiger partial charge >= 0.3 is 0 Å². The molecule has 5 heteroatoms. The minimum absolute atomic E-state index is 0.00995. The second-order valence-corrected chi connectivity index (χ2v) is 4.71. The lowest BCUT2D eigenvalue weighted by Gasteiger charge is -2.21. The van der Waals surface area contributed by atoms with Gasteiger partial charge in [-0.25, -0.2) is 0 Å². The zero-order chi connectivity index (χ0) is 13.8. The Morgan fingerprint density at radius 1 is 1.47 bits per heavy atom. The number of ether oxygens (including phenoxy) is 1. The topological polar surface area (TPSA) is 58.6 Å². The van der Waals surface area contributed by atoms with Gasteiger partial charge in [-0.15, -0.1) is 0 Å². The first kappa shape index (κ1) is 13.4. The van der Waals surface area contributed by atoms with Crippen molar-refractivity contribution in [3.05, 3.63) is 29.8 Å². The van der Waals surface area contributed by atoms with Crippen molar-refractivity contribution >= 4 is 11.8 Å². The van der Waals surface area contributed by atoms with Crippen molar-refractivity contribution in [1.29, 1.82) is 0 Å². The Balaban J connectivity index is 2.02. The molecule has 1 heterocycles. The quantitative estimate of drug-likeness (QED) is 0.872. The minimum Gasteiger partial charge on any atom is -0.496 e. The van der Waals surface area contributed by atoms with E-state index in [0.29, 0.717) is 13.1 Å². The Morgan fingerprint density at radius 2 is 2.21 bits per heavy atom. The maximum absolute atomic E-state index is 12.2. The number of carbonyl (C=O) groups excluding carboxylic acids is 2. The monoisotopic (exact) mass is 262 g/mol. The summed E-state index contributed by atoms with van der Waals surface area (Å²) < 4.78 is 5.26. The van der Waals surface area contributed by atoms with Gasteiger partial charge in [-0.3, -0.25) is 9.59 Å². The molecule has 1 atom stereocenters. The van der Waals surface area contributed by atoms with Crippen molar-refractivity contribution in [3.8, 4) is 5.75 Å². The predicted molar refractivity (Wildman–Crippen MR) is 70.6 cm³/mol. The third-order valence-corrected chi connectivity index (χ3v) is 3.30. The molecular weight excluding hydrogens is 244 g/mol. The molecule has 5 nitrogen and oxygen atoms in total. The molecule has 0 spiro atoms. The molecule has 102 valence electrons. The molecule has 1 N–H and O–H groups in total. The number of amides is 2. The summed E-state index contributed by atoms with van der Waals surface area (Å²) in [5.41, 5.74) is 0.957. The summed E-state index contributed by atoms with van der Waals surface area (Å²) in [7, 11) is 3.36. The Hall–Kier alpha value is -2.04. The van der Waals surface area contributed by atoms with Crippen LogP contribution in [0.4, 0.5) is 0 Å². The first-order chi connectivity index (χ1) is 9.11. The number of carbonyl (C=O) groups is 2. The molecule has 2 rings (SSSR count). The average molecular weight is 262 g/mol. The molecule has 1 aromatic carbocycles. The average Bonchev–Trinajstić information content (AvgIpc) is 2.85. The van der Waals surface area contributed by atoms with Gasteiger partial charge in [0.25, 0.3) is 0 Å². The summed E-state index contributed by atoms with van der Waals surface area (Å²) in [6.07, 6.45) is 0.287. The number of rotatable bonds is 4. The second-order valence-electron chi connectivity index (χ2n) is 4.71. The van der Waals surface area contributed by atoms with Crippen LogP contribution in [0.25, 0.3) is 0 Å². The standard InChI is InChI=1S/C14H18N2O3/c1-16(14(18)11-7-13(17)15-8-11)9-10-5-3-4-6-12(10)19-2/h3-6,11H,7-9H2,1-2H3,(H,15,17). The van der Waals surface area contributed by atoms with E-state index < -0.39 is 0 Å². The van der Waals surface area contributed by atoms with Crippen LogP contribution in [0.2, 0.25) is 0 Å². The van der Waals surface area contributed by atoms with E-state index in [9.17, 15) is 9.59 Å². The van der Waals surface area contributed by atoms with Gasteiger partial charge in [0.1, 0.15) is 5.75 Å². The summed E-state index contributed by atoms with van der Waals surface area (Å²) in [6.45, 7) is 0.918. The predicted octanol–water partition coefficient (Wildman–Crippen LogP) is 0.790. The molecule has 0 aliphatic carbocycles. The number of benzene rings is 1. The van der Waals surface area contributed by atoms with Crippen LogP contribution in [0, 0.1) is 5.92 Å². The van der Waals surface area contributed by atoms with E-state index in [0.717, 1.165) is 11.3 Å². The van der Waals surface area contributed by atoms with Gasteiger partial charge in [-0.05, 0) is 6.07 Å². The maximum Gasteiger partial charge on any atom is 0.228 e. The fourth-order valence-corrected chi connectivity index (χ4v) is 2.26. The normalized spacial score (nSPS) is 18.0.